The Morgan fingerprint density at radius 3 is 2.11 bits per heavy atom. The zero-order valence-corrected chi connectivity index (χ0v) is 12.2. The van der Waals surface area contributed by atoms with Gasteiger partial charge in [-0.05, 0) is 5.75 Å². The van der Waals surface area contributed by atoms with E-state index in [0.29, 0.717) is 17.2 Å². The molecular weight excluding hydrogens is 250 g/mol. The topological polar surface area (TPSA) is 39.7 Å². The second-order valence-corrected chi connectivity index (χ2v) is 4.93. The molecule has 0 aromatic heterocycles. The summed E-state index contributed by atoms with van der Waals surface area (Å²) in [5, 5.41) is 3.34. The van der Waals surface area contributed by atoms with Crippen LogP contribution < -0.4 is 19.5 Å². The number of rotatable bonds is 8. The van der Waals surface area contributed by atoms with Gasteiger partial charge in [0, 0.05) is 30.1 Å². The normalized spacial score (nSPS) is 10.0. The molecule has 0 saturated carbocycles. The molecule has 1 rings (SSSR count). The van der Waals surface area contributed by atoms with E-state index in [1.54, 1.807) is 21.3 Å². The van der Waals surface area contributed by atoms with E-state index in [2.05, 4.69) is 12.2 Å². The van der Waals surface area contributed by atoms with Crippen LogP contribution in [0.1, 0.15) is 6.92 Å². The molecule has 0 aliphatic carbocycles. The maximum Gasteiger partial charge on any atom is 0.203 e. The average Bonchev–Trinajstić information content (AvgIpc) is 2.42. The van der Waals surface area contributed by atoms with Gasteiger partial charge < -0.3 is 19.5 Å². The fraction of sp³-hybridized carbons (Fsp3) is 0.538. The molecule has 0 unspecified atom stereocenters. The number of anilines is 1. The molecule has 1 aromatic carbocycles. The summed E-state index contributed by atoms with van der Waals surface area (Å²) < 4.78 is 15.9. The van der Waals surface area contributed by atoms with E-state index >= 15 is 0 Å². The van der Waals surface area contributed by atoms with Gasteiger partial charge in [0.15, 0.2) is 11.5 Å². The molecule has 1 N–H and O–H groups in total. The zero-order valence-electron chi connectivity index (χ0n) is 11.4. The molecule has 0 aliphatic rings. The largest absolute Gasteiger partial charge is 0.493 e. The molecular formula is C13H21NO3S. The van der Waals surface area contributed by atoms with Gasteiger partial charge in [-0.25, -0.2) is 0 Å². The number of nitrogens with one attached hydrogen (secondary N) is 1. The first kappa shape index (κ1) is 14.8. The highest BCUT2D eigenvalue weighted by molar-refractivity contribution is 7.99. The summed E-state index contributed by atoms with van der Waals surface area (Å²) in [6, 6.07) is 3.83. The SMILES string of the molecule is CCSCCNc1cc(OC)c(OC)c(OC)c1. The highest BCUT2D eigenvalue weighted by Crippen LogP contribution is 2.39. The number of benzene rings is 1. The number of hydrogen-bond donors (Lipinski definition) is 1. The quantitative estimate of drug-likeness (QED) is 0.736. The van der Waals surface area contributed by atoms with Crippen molar-refractivity contribution in [2.75, 3.05) is 44.7 Å². The van der Waals surface area contributed by atoms with Crippen LogP contribution in [0.15, 0.2) is 12.1 Å². The molecule has 5 heteroatoms. The Balaban J connectivity index is 2.80. The predicted molar refractivity (Wildman–Crippen MR) is 77.6 cm³/mol. The summed E-state index contributed by atoms with van der Waals surface area (Å²) in [6.45, 7) is 3.07. The second kappa shape index (κ2) is 7.97. The smallest absolute Gasteiger partial charge is 0.203 e. The lowest BCUT2D eigenvalue weighted by atomic mass is 10.2. The van der Waals surface area contributed by atoms with Gasteiger partial charge in [0.2, 0.25) is 5.75 Å². The fourth-order valence-electron chi connectivity index (χ4n) is 1.60. The monoisotopic (exact) mass is 271 g/mol. The van der Waals surface area contributed by atoms with Gasteiger partial charge in [0.25, 0.3) is 0 Å². The minimum absolute atomic E-state index is 0.619. The van der Waals surface area contributed by atoms with Crippen LogP contribution in [0.25, 0.3) is 0 Å². The maximum atomic E-state index is 5.30. The summed E-state index contributed by atoms with van der Waals surface area (Å²) in [6.07, 6.45) is 0. The molecule has 0 saturated heterocycles. The Hall–Kier alpha value is -1.23. The third kappa shape index (κ3) is 3.91. The van der Waals surface area contributed by atoms with Crippen molar-refractivity contribution < 1.29 is 14.2 Å². The third-order valence-electron chi connectivity index (χ3n) is 2.44. The van der Waals surface area contributed by atoms with Crippen LogP contribution in [0.5, 0.6) is 17.2 Å². The van der Waals surface area contributed by atoms with Crippen LogP contribution in [-0.4, -0.2) is 39.4 Å². The van der Waals surface area contributed by atoms with Crippen LogP contribution in [0.4, 0.5) is 5.69 Å². The summed E-state index contributed by atoms with van der Waals surface area (Å²) in [5.74, 6) is 4.17. The van der Waals surface area contributed by atoms with Crippen LogP contribution in [0, 0.1) is 0 Å². The van der Waals surface area contributed by atoms with Gasteiger partial charge in [0.05, 0.1) is 21.3 Å². The zero-order chi connectivity index (χ0) is 13.4. The molecule has 0 bridgehead atoms. The van der Waals surface area contributed by atoms with Crippen molar-refractivity contribution in [1.82, 2.24) is 0 Å². The number of methoxy groups -OCH3 is 3. The first-order valence-corrected chi connectivity index (χ1v) is 7.03. The maximum absolute atomic E-state index is 5.30. The van der Waals surface area contributed by atoms with E-state index in [0.717, 1.165) is 23.7 Å². The minimum Gasteiger partial charge on any atom is -0.493 e. The summed E-state index contributed by atoms with van der Waals surface area (Å²) >= 11 is 1.91. The molecule has 0 radical (unpaired) electrons. The second-order valence-electron chi connectivity index (χ2n) is 3.54. The Bertz CT molecular complexity index is 346. The van der Waals surface area contributed by atoms with Crippen LogP contribution >= 0.6 is 11.8 Å². The van der Waals surface area contributed by atoms with E-state index in [4.69, 9.17) is 14.2 Å². The molecule has 0 atom stereocenters. The Labute approximate surface area is 113 Å². The molecule has 1 aromatic rings. The van der Waals surface area contributed by atoms with Gasteiger partial charge >= 0.3 is 0 Å². The molecule has 18 heavy (non-hydrogen) atoms. The molecule has 0 aliphatic heterocycles. The first-order chi connectivity index (χ1) is 8.76. The van der Waals surface area contributed by atoms with Crippen molar-refractivity contribution in [3.63, 3.8) is 0 Å². The van der Waals surface area contributed by atoms with Gasteiger partial charge in [-0.2, -0.15) is 11.8 Å². The summed E-state index contributed by atoms with van der Waals surface area (Å²) in [5.41, 5.74) is 0.973. The van der Waals surface area contributed by atoms with Crippen LogP contribution in [-0.2, 0) is 0 Å². The highest BCUT2D eigenvalue weighted by Gasteiger charge is 2.12. The lowest BCUT2D eigenvalue weighted by molar-refractivity contribution is 0.324. The molecule has 0 spiro atoms. The fourth-order valence-corrected chi connectivity index (χ4v) is 2.13. The van der Waals surface area contributed by atoms with Crippen molar-refractivity contribution in [3.05, 3.63) is 12.1 Å². The van der Waals surface area contributed by atoms with Crippen molar-refractivity contribution in [1.29, 1.82) is 0 Å². The van der Waals surface area contributed by atoms with E-state index < -0.39 is 0 Å². The van der Waals surface area contributed by atoms with Crippen molar-refractivity contribution in [2.24, 2.45) is 0 Å². The standard InChI is InChI=1S/C13H21NO3S/c1-5-18-7-6-14-10-8-11(15-2)13(17-4)12(9-10)16-3/h8-9,14H,5-7H2,1-4H3. The van der Waals surface area contributed by atoms with E-state index in [1.165, 1.54) is 0 Å². The Kier molecular flexibility index (Phi) is 6.57. The van der Waals surface area contributed by atoms with Crippen molar-refractivity contribution >= 4 is 17.4 Å². The number of thioether (sulfide) groups is 1. The van der Waals surface area contributed by atoms with E-state index in [9.17, 15) is 0 Å². The molecule has 0 amide bonds. The average molecular weight is 271 g/mol. The summed E-state index contributed by atoms with van der Waals surface area (Å²) in [4.78, 5) is 0. The van der Waals surface area contributed by atoms with E-state index in [1.807, 2.05) is 23.9 Å². The lowest BCUT2D eigenvalue weighted by Crippen LogP contribution is -2.05. The number of hydrogen-bond acceptors (Lipinski definition) is 5. The lowest BCUT2D eigenvalue weighted by Gasteiger charge is -2.15. The number of ether oxygens (including phenoxy) is 3. The van der Waals surface area contributed by atoms with Crippen LogP contribution in [0.2, 0.25) is 0 Å². The van der Waals surface area contributed by atoms with Gasteiger partial charge in [0.1, 0.15) is 0 Å². The molecule has 0 heterocycles. The molecule has 0 fully saturated rings. The molecule has 102 valence electrons. The summed E-state index contributed by atoms with van der Waals surface area (Å²) in [7, 11) is 4.84. The Morgan fingerprint density at radius 1 is 1.06 bits per heavy atom. The highest BCUT2D eigenvalue weighted by atomic mass is 32.2. The van der Waals surface area contributed by atoms with Gasteiger partial charge in [-0.3, -0.25) is 0 Å². The third-order valence-corrected chi connectivity index (χ3v) is 3.35. The van der Waals surface area contributed by atoms with Crippen molar-refractivity contribution in [2.45, 2.75) is 6.92 Å². The van der Waals surface area contributed by atoms with Crippen molar-refractivity contribution in [3.8, 4) is 17.2 Å². The van der Waals surface area contributed by atoms with Gasteiger partial charge in [-0.15, -0.1) is 0 Å². The van der Waals surface area contributed by atoms with Gasteiger partial charge in [-0.1, -0.05) is 6.92 Å². The minimum atomic E-state index is 0.619. The van der Waals surface area contributed by atoms with E-state index in [-0.39, 0.29) is 0 Å². The Morgan fingerprint density at radius 2 is 1.67 bits per heavy atom. The van der Waals surface area contributed by atoms with Crippen LogP contribution in [0.3, 0.4) is 0 Å². The molecule has 4 nitrogen and oxygen atoms in total. The first-order valence-electron chi connectivity index (χ1n) is 5.88. The predicted octanol–water partition coefficient (Wildman–Crippen LogP) is 2.88.